The Balaban J connectivity index is 1.40. The Morgan fingerprint density at radius 1 is 0.182 bits per heavy atom. The standard InChI is InChI=1S/C44H30/c1-4-14-31(15-5-1)34-24-26-35(27-25-34)43-39-20-10-12-22-41(39)44(42-23-13-11-21-40(42)43)38-29-36(32-16-6-2-7-17-32)28-37(30-38)33-18-8-3-9-19-33/h1-30H. The van der Waals surface area contributed by atoms with E-state index in [9.17, 15) is 0 Å². The summed E-state index contributed by atoms with van der Waals surface area (Å²) < 4.78 is 0. The summed E-state index contributed by atoms with van der Waals surface area (Å²) >= 11 is 0. The molecule has 0 radical (unpaired) electrons. The first-order valence-electron chi connectivity index (χ1n) is 15.2. The second-order valence-electron chi connectivity index (χ2n) is 11.3. The Hall–Kier alpha value is -5.72. The quantitative estimate of drug-likeness (QED) is 0.184. The lowest BCUT2D eigenvalue weighted by Crippen LogP contribution is -1.92. The molecule has 0 spiro atoms. The van der Waals surface area contributed by atoms with Gasteiger partial charge < -0.3 is 0 Å². The highest BCUT2D eigenvalue weighted by atomic mass is 14.2. The zero-order valence-electron chi connectivity index (χ0n) is 24.3. The molecule has 0 heterocycles. The highest BCUT2D eigenvalue weighted by Gasteiger charge is 2.18. The number of fused-ring (bicyclic) bond motifs is 2. The molecular weight excluding hydrogens is 528 g/mol. The maximum Gasteiger partial charge on any atom is -0.00259 e. The van der Waals surface area contributed by atoms with Crippen molar-refractivity contribution in [1.82, 2.24) is 0 Å². The molecule has 0 amide bonds. The highest BCUT2D eigenvalue weighted by Crippen LogP contribution is 2.45. The average molecular weight is 559 g/mol. The number of rotatable bonds is 5. The monoisotopic (exact) mass is 558 g/mol. The lowest BCUT2D eigenvalue weighted by molar-refractivity contribution is 1.58. The maximum atomic E-state index is 2.37. The molecule has 0 saturated carbocycles. The maximum absolute atomic E-state index is 2.37. The molecule has 8 aromatic rings. The van der Waals surface area contributed by atoms with Gasteiger partial charge in [-0.15, -0.1) is 0 Å². The van der Waals surface area contributed by atoms with Crippen molar-refractivity contribution < 1.29 is 0 Å². The van der Waals surface area contributed by atoms with Crippen molar-refractivity contribution in [1.29, 1.82) is 0 Å². The summed E-state index contributed by atoms with van der Waals surface area (Å²) in [6, 6.07) is 65.9. The van der Waals surface area contributed by atoms with Gasteiger partial charge in [-0.05, 0) is 95.4 Å². The van der Waals surface area contributed by atoms with E-state index in [-0.39, 0.29) is 0 Å². The van der Waals surface area contributed by atoms with Crippen molar-refractivity contribution in [2.45, 2.75) is 0 Å². The van der Waals surface area contributed by atoms with Gasteiger partial charge in [0, 0.05) is 0 Å². The van der Waals surface area contributed by atoms with Crippen molar-refractivity contribution in [3.05, 3.63) is 182 Å². The molecule has 0 aliphatic rings. The molecule has 0 atom stereocenters. The number of benzene rings is 8. The van der Waals surface area contributed by atoms with Gasteiger partial charge in [-0.2, -0.15) is 0 Å². The summed E-state index contributed by atoms with van der Waals surface area (Å²) in [5.74, 6) is 0. The van der Waals surface area contributed by atoms with Crippen molar-refractivity contribution in [2.24, 2.45) is 0 Å². The van der Waals surface area contributed by atoms with Crippen LogP contribution >= 0.6 is 0 Å². The van der Waals surface area contributed by atoms with E-state index in [0.717, 1.165) is 0 Å². The van der Waals surface area contributed by atoms with Gasteiger partial charge in [0.05, 0.1) is 0 Å². The van der Waals surface area contributed by atoms with Crippen LogP contribution in [0.1, 0.15) is 0 Å². The van der Waals surface area contributed by atoms with Gasteiger partial charge in [0.1, 0.15) is 0 Å². The summed E-state index contributed by atoms with van der Waals surface area (Å²) in [4.78, 5) is 0. The van der Waals surface area contributed by atoms with E-state index in [1.165, 1.54) is 77.2 Å². The Labute approximate surface area is 258 Å². The second-order valence-corrected chi connectivity index (χ2v) is 11.3. The summed E-state index contributed by atoms with van der Waals surface area (Å²) in [7, 11) is 0. The molecule has 0 fully saturated rings. The Bertz CT molecular complexity index is 2110. The van der Waals surface area contributed by atoms with Crippen molar-refractivity contribution >= 4 is 21.5 Å². The van der Waals surface area contributed by atoms with E-state index in [1.54, 1.807) is 0 Å². The van der Waals surface area contributed by atoms with E-state index in [2.05, 4.69) is 182 Å². The fourth-order valence-corrected chi connectivity index (χ4v) is 6.58. The van der Waals surface area contributed by atoms with Crippen molar-refractivity contribution in [2.75, 3.05) is 0 Å². The third-order valence-corrected chi connectivity index (χ3v) is 8.65. The van der Waals surface area contributed by atoms with Crippen molar-refractivity contribution in [3.8, 4) is 55.6 Å². The van der Waals surface area contributed by atoms with Crippen LogP contribution in [0, 0.1) is 0 Å². The molecule has 8 rings (SSSR count). The second kappa shape index (κ2) is 11.2. The summed E-state index contributed by atoms with van der Waals surface area (Å²) in [5, 5.41) is 5.05. The molecular formula is C44H30. The highest BCUT2D eigenvalue weighted by molar-refractivity contribution is 6.21. The van der Waals surface area contributed by atoms with E-state index >= 15 is 0 Å². The van der Waals surface area contributed by atoms with E-state index in [1.807, 2.05) is 0 Å². The minimum atomic E-state index is 1.22. The first-order valence-corrected chi connectivity index (χ1v) is 15.2. The van der Waals surface area contributed by atoms with Gasteiger partial charge in [-0.1, -0.05) is 164 Å². The van der Waals surface area contributed by atoms with Crippen LogP contribution in [0.25, 0.3) is 77.2 Å². The summed E-state index contributed by atoms with van der Waals surface area (Å²) in [5.41, 5.74) is 12.3. The minimum Gasteiger partial charge on any atom is -0.0622 e. The molecule has 0 heteroatoms. The molecule has 0 nitrogen and oxygen atoms in total. The minimum absolute atomic E-state index is 1.22. The van der Waals surface area contributed by atoms with Gasteiger partial charge in [0.15, 0.2) is 0 Å². The Morgan fingerprint density at radius 3 is 0.864 bits per heavy atom. The predicted octanol–water partition coefficient (Wildman–Crippen LogP) is 12.3. The predicted molar refractivity (Wildman–Crippen MR) is 189 cm³/mol. The van der Waals surface area contributed by atoms with Crippen LogP contribution in [0.3, 0.4) is 0 Å². The van der Waals surface area contributed by atoms with Gasteiger partial charge in [0.25, 0.3) is 0 Å². The van der Waals surface area contributed by atoms with Crippen LogP contribution in [0.4, 0.5) is 0 Å². The van der Waals surface area contributed by atoms with Gasteiger partial charge >= 0.3 is 0 Å². The summed E-state index contributed by atoms with van der Waals surface area (Å²) in [6.45, 7) is 0. The molecule has 206 valence electrons. The van der Waals surface area contributed by atoms with Gasteiger partial charge in [0.2, 0.25) is 0 Å². The topological polar surface area (TPSA) is 0 Å². The van der Waals surface area contributed by atoms with Crippen molar-refractivity contribution in [3.63, 3.8) is 0 Å². The zero-order chi connectivity index (χ0) is 29.3. The van der Waals surface area contributed by atoms with Crippen LogP contribution in [0.15, 0.2) is 182 Å². The SMILES string of the molecule is c1ccc(-c2ccc(-c3c4ccccc4c(-c4cc(-c5ccccc5)cc(-c5ccccc5)c4)c4ccccc34)cc2)cc1. The molecule has 44 heavy (non-hydrogen) atoms. The fraction of sp³-hybridized carbons (Fsp3) is 0. The van der Waals surface area contributed by atoms with Crippen LogP contribution < -0.4 is 0 Å². The normalized spacial score (nSPS) is 11.2. The number of hydrogen-bond acceptors (Lipinski definition) is 0. The average Bonchev–Trinajstić information content (AvgIpc) is 3.11. The molecule has 0 saturated heterocycles. The molecule has 0 unspecified atom stereocenters. The zero-order valence-corrected chi connectivity index (χ0v) is 24.3. The van der Waals surface area contributed by atoms with Crippen LogP contribution in [0.2, 0.25) is 0 Å². The van der Waals surface area contributed by atoms with E-state index in [4.69, 9.17) is 0 Å². The number of hydrogen-bond donors (Lipinski definition) is 0. The molecule has 0 aliphatic carbocycles. The lowest BCUT2D eigenvalue weighted by Gasteiger charge is -2.19. The molecule has 0 bridgehead atoms. The van der Waals surface area contributed by atoms with Gasteiger partial charge in [-0.3, -0.25) is 0 Å². The molecule has 8 aromatic carbocycles. The van der Waals surface area contributed by atoms with E-state index in [0.29, 0.717) is 0 Å². The third-order valence-electron chi connectivity index (χ3n) is 8.65. The first-order chi connectivity index (χ1) is 21.8. The van der Waals surface area contributed by atoms with Crippen LogP contribution in [0.5, 0.6) is 0 Å². The van der Waals surface area contributed by atoms with Gasteiger partial charge in [-0.25, -0.2) is 0 Å². The molecule has 0 aromatic heterocycles. The molecule has 0 aliphatic heterocycles. The van der Waals surface area contributed by atoms with E-state index < -0.39 is 0 Å². The summed E-state index contributed by atoms with van der Waals surface area (Å²) in [6.07, 6.45) is 0. The lowest BCUT2D eigenvalue weighted by atomic mass is 9.84. The third kappa shape index (κ3) is 4.68. The fourth-order valence-electron chi connectivity index (χ4n) is 6.58. The molecule has 0 N–H and O–H groups in total. The smallest absolute Gasteiger partial charge is 0.00259 e. The van der Waals surface area contributed by atoms with Crippen LogP contribution in [-0.2, 0) is 0 Å². The largest absolute Gasteiger partial charge is 0.0622 e. The Morgan fingerprint density at radius 2 is 0.455 bits per heavy atom. The van der Waals surface area contributed by atoms with Crippen LogP contribution in [-0.4, -0.2) is 0 Å². The first kappa shape index (κ1) is 25.9. The Kier molecular flexibility index (Phi) is 6.59.